The van der Waals surface area contributed by atoms with Crippen molar-refractivity contribution in [3.8, 4) is 0 Å². The molecule has 2 rings (SSSR count). The van der Waals surface area contributed by atoms with Gasteiger partial charge in [0.15, 0.2) is 0 Å². The van der Waals surface area contributed by atoms with Crippen molar-refractivity contribution in [1.82, 2.24) is 4.98 Å². The standard InChI is InChI=1S/C16H19N3O3S/c1-22-16(21)8-11-2-4-12(5-3-11)18-14(20)9-13-10-23-15(19-13)6-7-17/h2-5,10H,6-9,17H2,1H3,(H,18,20). The average molecular weight is 333 g/mol. The van der Waals surface area contributed by atoms with Crippen LogP contribution >= 0.6 is 11.3 Å². The van der Waals surface area contributed by atoms with Crippen LogP contribution < -0.4 is 11.1 Å². The molecular weight excluding hydrogens is 314 g/mol. The highest BCUT2D eigenvalue weighted by Crippen LogP contribution is 2.13. The predicted molar refractivity (Wildman–Crippen MR) is 89.4 cm³/mol. The van der Waals surface area contributed by atoms with Crippen molar-refractivity contribution in [2.45, 2.75) is 19.3 Å². The summed E-state index contributed by atoms with van der Waals surface area (Å²) in [5, 5.41) is 5.64. The second-order valence-electron chi connectivity index (χ2n) is 4.95. The summed E-state index contributed by atoms with van der Waals surface area (Å²) in [7, 11) is 1.36. The van der Waals surface area contributed by atoms with Crippen LogP contribution in [0.25, 0.3) is 0 Å². The number of methoxy groups -OCH3 is 1. The number of aromatic nitrogens is 1. The van der Waals surface area contributed by atoms with Crippen LogP contribution in [0.15, 0.2) is 29.6 Å². The molecule has 2 aromatic rings. The Labute approximate surface area is 138 Å². The highest BCUT2D eigenvalue weighted by atomic mass is 32.1. The van der Waals surface area contributed by atoms with Crippen LogP contribution in [-0.2, 0) is 33.6 Å². The molecule has 1 heterocycles. The minimum Gasteiger partial charge on any atom is -0.469 e. The third kappa shape index (κ3) is 5.46. The summed E-state index contributed by atoms with van der Waals surface area (Å²) in [5.74, 6) is -0.422. The number of ether oxygens (including phenoxy) is 1. The second-order valence-corrected chi connectivity index (χ2v) is 5.89. The lowest BCUT2D eigenvalue weighted by molar-refractivity contribution is -0.139. The zero-order valence-corrected chi connectivity index (χ0v) is 13.7. The Morgan fingerprint density at radius 3 is 2.65 bits per heavy atom. The summed E-state index contributed by atoms with van der Waals surface area (Å²) < 4.78 is 4.61. The maximum atomic E-state index is 12.0. The number of benzene rings is 1. The number of carbonyl (C=O) groups excluding carboxylic acids is 2. The lowest BCUT2D eigenvalue weighted by atomic mass is 10.1. The van der Waals surface area contributed by atoms with E-state index in [2.05, 4.69) is 15.0 Å². The molecule has 0 radical (unpaired) electrons. The first-order chi connectivity index (χ1) is 11.1. The molecule has 0 fully saturated rings. The number of amides is 1. The van der Waals surface area contributed by atoms with E-state index in [4.69, 9.17) is 5.73 Å². The van der Waals surface area contributed by atoms with Crippen LogP contribution in [0.1, 0.15) is 16.3 Å². The second kappa shape index (κ2) is 8.40. The summed E-state index contributed by atoms with van der Waals surface area (Å²) >= 11 is 1.52. The number of anilines is 1. The Kier molecular flexibility index (Phi) is 6.25. The Morgan fingerprint density at radius 2 is 2.00 bits per heavy atom. The molecule has 0 unspecified atom stereocenters. The van der Waals surface area contributed by atoms with Crippen LogP contribution in [0.4, 0.5) is 5.69 Å². The summed E-state index contributed by atoms with van der Waals surface area (Å²) in [6.07, 6.45) is 1.17. The molecule has 7 heteroatoms. The predicted octanol–water partition coefficient (Wildman–Crippen LogP) is 1.54. The molecule has 0 atom stereocenters. The monoisotopic (exact) mass is 333 g/mol. The quantitative estimate of drug-likeness (QED) is 0.750. The van der Waals surface area contributed by atoms with Gasteiger partial charge < -0.3 is 15.8 Å². The molecule has 0 spiro atoms. The molecule has 0 saturated carbocycles. The Morgan fingerprint density at radius 1 is 1.26 bits per heavy atom. The van der Waals surface area contributed by atoms with Crippen molar-refractivity contribution in [1.29, 1.82) is 0 Å². The topological polar surface area (TPSA) is 94.3 Å². The molecule has 6 nitrogen and oxygen atoms in total. The average Bonchev–Trinajstić information content (AvgIpc) is 2.96. The number of hydrogen-bond donors (Lipinski definition) is 2. The smallest absolute Gasteiger partial charge is 0.309 e. The maximum Gasteiger partial charge on any atom is 0.309 e. The van der Waals surface area contributed by atoms with Gasteiger partial charge in [-0.2, -0.15) is 0 Å². The summed E-state index contributed by atoms with van der Waals surface area (Å²) in [6, 6.07) is 7.09. The number of hydrogen-bond acceptors (Lipinski definition) is 6. The van der Waals surface area contributed by atoms with Crippen molar-refractivity contribution >= 4 is 28.9 Å². The molecular formula is C16H19N3O3S. The molecule has 0 saturated heterocycles. The van der Waals surface area contributed by atoms with Gasteiger partial charge in [0.05, 0.1) is 30.7 Å². The fourth-order valence-corrected chi connectivity index (χ4v) is 2.80. The molecule has 0 bridgehead atoms. The number of thiazole rings is 1. The van der Waals surface area contributed by atoms with E-state index in [1.807, 2.05) is 5.38 Å². The van der Waals surface area contributed by atoms with Crippen molar-refractivity contribution < 1.29 is 14.3 Å². The SMILES string of the molecule is COC(=O)Cc1ccc(NC(=O)Cc2csc(CCN)n2)cc1. The third-order valence-corrected chi connectivity index (χ3v) is 4.07. The van der Waals surface area contributed by atoms with Crippen molar-refractivity contribution in [2.24, 2.45) is 5.73 Å². The molecule has 1 aromatic heterocycles. The van der Waals surface area contributed by atoms with Gasteiger partial charge >= 0.3 is 5.97 Å². The molecule has 122 valence electrons. The molecule has 1 aromatic carbocycles. The van der Waals surface area contributed by atoms with Crippen molar-refractivity contribution in [3.05, 3.63) is 45.9 Å². The minimum atomic E-state index is -0.293. The van der Waals surface area contributed by atoms with Crippen molar-refractivity contribution in [2.75, 3.05) is 19.0 Å². The molecule has 1 amide bonds. The summed E-state index contributed by atoms with van der Waals surface area (Å²) in [4.78, 5) is 27.6. The third-order valence-electron chi connectivity index (χ3n) is 3.11. The first kappa shape index (κ1) is 17.1. The molecule has 23 heavy (non-hydrogen) atoms. The fraction of sp³-hybridized carbons (Fsp3) is 0.312. The zero-order chi connectivity index (χ0) is 16.7. The van der Waals surface area contributed by atoms with E-state index in [1.54, 1.807) is 24.3 Å². The van der Waals surface area contributed by atoms with E-state index >= 15 is 0 Å². The number of esters is 1. The van der Waals surface area contributed by atoms with Gasteiger partial charge in [-0.3, -0.25) is 9.59 Å². The van der Waals surface area contributed by atoms with Gasteiger partial charge in [0.25, 0.3) is 0 Å². The number of nitrogens with zero attached hydrogens (tertiary/aromatic N) is 1. The highest BCUT2D eigenvalue weighted by Gasteiger charge is 2.08. The van der Waals surface area contributed by atoms with E-state index in [9.17, 15) is 9.59 Å². The first-order valence-corrected chi connectivity index (χ1v) is 8.07. The lowest BCUT2D eigenvalue weighted by Gasteiger charge is -2.05. The Balaban J connectivity index is 1.88. The summed E-state index contributed by atoms with van der Waals surface area (Å²) in [5.41, 5.74) is 7.75. The normalized spacial score (nSPS) is 10.3. The van der Waals surface area contributed by atoms with Gasteiger partial charge in [0, 0.05) is 17.5 Å². The van der Waals surface area contributed by atoms with E-state index in [1.165, 1.54) is 18.4 Å². The molecule has 3 N–H and O–H groups in total. The van der Waals surface area contributed by atoms with Gasteiger partial charge in [-0.25, -0.2) is 4.98 Å². The lowest BCUT2D eigenvalue weighted by Crippen LogP contribution is -2.14. The van der Waals surface area contributed by atoms with Crippen LogP contribution in [0.2, 0.25) is 0 Å². The fourth-order valence-electron chi connectivity index (χ4n) is 1.98. The van der Waals surface area contributed by atoms with Gasteiger partial charge in [-0.15, -0.1) is 11.3 Å². The van der Waals surface area contributed by atoms with Crippen LogP contribution in [0.5, 0.6) is 0 Å². The van der Waals surface area contributed by atoms with E-state index in [0.717, 1.165) is 22.7 Å². The number of rotatable bonds is 7. The van der Waals surface area contributed by atoms with E-state index in [0.29, 0.717) is 12.2 Å². The van der Waals surface area contributed by atoms with Gasteiger partial charge in [-0.1, -0.05) is 12.1 Å². The van der Waals surface area contributed by atoms with Gasteiger partial charge in [-0.05, 0) is 24.2 Å². The minimum absolute atomic E-state index is 0.129. The van der Waals surface area contributed by atoms with Crippen LogP contribution in [-0.4, -0.2) is 30.5 Å². The van der Waals surface area contributed by atoms with Crippen LogP contribution in [0, 0.1) is 0 Å². The van der Waals surface area contributed by atoms with Gasteiger partial charge in [0.1, 0.15) is 0 Å². The van der Waals surface area contributed by atoms with Crippen molar-refractivity contribution in [3.63, 3.8) is 0 Å². The summed E-state index contributed by atoms with van der Waals surface area (Å²) in [6.45, 7) is 0.553. The van der Waals surface area contributed by atoms with E-state index < -0.39 is 0 Å². The Hall–Kier alpha value is -2.25. The number of nitrogens with two attached hydrogens (primary N) is 1. The molecule has 0 aliphatic carbocycles. The largest absolute Gasteiger partial charge is 0.469 e. The Bertz CT molecular complexity index is 667. The first-order valence-electron chi connectivity index (χ1n) is 7.19. The van der Waals surface area contributed by atoms with Gasteiger partial charge in [0.2, 0.25) is 5.91 Å². The number of carbonyl (C=O) groups is 2. The molecule has 0 aliphatic rings. The highest BCUT2D eigenvalue weighted by molar-refractivity contribution is 7.09. The zero-order valence-electron chi connectivity index (χ0n) is 12.9. The molecule has 0 aliphatic heterocycles. The number of nitrogens with one attached hydrogen (secondary N) is 1. The van der Waals surface area contributed by atoms with E-state index in [-0.39, 0.29) is 24.7 Å². The maximum absolute atomic E-state index is 12.0. The van der Waals surface area contributed by atoms with Crippen LogP contribution in [0.3, 0.4) is 0 Å².